The topological polar surface area (TPSA) is 64.4 Å². The second kappa shape index (κ2) is 8.52. The number of methoxy groups -OCH3 is 1. The first kappa shape index (κ1) is 19.4. The summed E-state index contributed by atoms with van der Waals surface area (Å²) in [6, 6.07) is 16.5. The molecule has 1 heterocycles. The van der Waals surface area contributed by atoms with Gasteiger partial charge in [0.25, 0.3) is 5.56 Å². The van der Waals surface area contributed by atoms with E-state index in [2.05, 4.69) is 4.98 Å². The molecule has 1 aromatic heterocycles. The number of nitrogens with zero attached hydrogens (tertiary/aromatic N) is 3. The number of ether oxygens (including phenoxy) is 1. The number of hydrogen-bond acceptors (Lipinski definition) is 4. The summed E-state index contributed by atoms with van der Waals surface area (Å²) in [7, 11) is 1.60. The molecule has 0 aliphatic heterocycles. The molecule has 3 aromatic rings. The van der Waals surface area contributed by atoms with Gasteiger partial charge in [0.1, 0.15) is 12.3 Å². The highest BCUT2D eigenvalue weighted by Crippen LogP contribution is 2.20. The lowest BCUT2D eigenvalue weighted by molar-refractivity contribution is -0.119. The van der Waals surface area contributed by atoms with Gasteiger partial charge in [-0.3, -0.25) is 14.2 Å². The molecule has 6 nitrogen and oxygen atoms in total. The molecule has 0 radical (unpaired) electrons. The summed E-state index contributed by atoms with van der Waals surface area (Å²) < 4.78 is 6.47. The molecular weight excluding hydrogens is 354 g/mol. The van der Waals surface area contributed by atoms with Crippen LogP contribution in [0.4, 0.5) is 5.69 Å². The molecule has 0 aliphatic rings. The predicted molar refractivity (Wildman–Crippen MR) is 110 cm³/mol. The van der Waals surface area contributed by atoms with Crippen molar-refractivity contribution in [2.45, 2.75) is 20.4 Å². The summed E-state index contributed by atoms with van der Waals surface area (Å²) in [5.41, 5.74) is 2.97. The molecule has 1 amide bonds. The van der Waals surface area contributed by atoms with Crippen LogP contribution >= 0.6 is 0 Å². The molecule has 144 valence electrons. The Morgan fingerprint density at radius 1 is 1.14 bits per heavy atom. The highest BCUT2D eigenvalue weighted by Gasteiger charge is 2.17. The van der Waals surface area contributed by atoms with E-state index in [1.165, 1.54) is 17.0 Å². The van der Waals surface area contributed by atoms with Crippen LogP contribution in [0.5, 0.6) is 5.75 Å². The van der Waals surface area contributed by atoms with Crippen molar-refractivity contribution in [3.63, 3.8) is 0 Å². The van der Waals surface area contributed by atoms with Crippen molar-refractivity contribution < 1.29 is 9.53 Å². The highest BCUT2D eigenvalue weighted by molar-refractivity contribution is 5.93. The molecule has 0 unspecified atom stereocenters. The number of likely N-dealkylation sites (N-methyl/N-ethyl adjacent to an activating group) is 1. The summed E-state index contributed by atoms with van der Waals surface area (Å²) in [5.74, 6) is 0.580. The molecule has 0 atom stereocenters. The van der Waals surface area contributed by atoms with Gasteiger partial charge in [0.05, 0.1) is 19.1 Å². The lowest BCUT2D eigenvalue weighted by atomic mass is 10.1. The zero-order valence-electron chi connectivity index (χ0n) is 16.3. The van der Waals surface area contributed by atoms with Gasteiger partial charge in [-0.2, -0.15) is 0 Å². The van der Waals surface area contributed by atoms with E-state index in [1.807, 2.05) is 62.4 Å². The van der Waals surface area contributed by atoms with Crippen molar-refractivity contribution in [2.75, 3.05) is 18.6 Å². The van der Waals surface area contributed by atoms with E-state index in [9.17, 15) is 9.59 Å². The first-order valence-electron chi connectivity index (χ1n) is 9.10. The summed E-state index contributed by atoms with van der Waals surface area (Å²) >= 11 is 0. The molecule has 3 rings (SSSR count). The molecule has 6 heteroatoms. The fourth-order valence-corrected chi connectivity index (χ4v) is 3.04. The largest absolute Gasteiger partial charge is 0.497 e. The molecule has 0 spiro atoms. The van der Waals surface area contributed by atoms with Crippen LogP contribution in [0.1, 0.15) is 12.5 Å². The quantitative estimate of drug-likeness (QED) is 0.661. The van der Waals surface area contributed by atoms with Gasteiger partial charge in [-0.05, 0) is 49.7 Å². The number of anilines is 1. The minimum Gasteiger partial charge on any atom is -0.497 e. The maximum Gasteiger partial charge on any atom is 0.254 e. The average molecular weight is 377 g/mol. The van der Waals surface area contributed by atoms with Gasteiger partial charge in [0, 0.05) is 23.9 Å². The van der Waals surface area contributed by atoms with E-state index in [0.29, 0.717) is 12.2 Å². The van der Waals surface area contributed by atoms with Gasteiger partial charge in [-0.15, -0.1) is 0 Å². The number of hydrogen-bond donors (Lipinski definition) is 0. The van der Waals surface area contributed by atoms with Crippen LogP contribution in [0.2, 0.25) is 0 Å². The number of aryl methyl sites for hydroxylation is 1. The van der Waals surface area contributed by atoms with E-state index >= 15 is 0 Å². The standard InChI is InChI=1S/C22H23N3O3/c1-4-25(20-8-6-5-7-16(20)2)22(27)14-24-15-23-19(13-21(24)26)17-9-11-18(28-3)12-10-17/h5-13,15H,4,14H2,1-3H3. The Morgan fingerprint density at radius 2 is 1.86 bits per heavy atom. The molecule has 0 saturated carbocycles. The van der Waals surface area contributed by atoms with Gasteiger partial charge in [-0.25, -0.2) is 4.98 Å². The van der Waals surface area contributed by atoms with Gasteiger partial charge in [0.15, 0.2) is 0 Å². The first-order chi connectivity index (χ1) is 13.5. The number of carbonyl (C=O) groups excluding carboxylic acids is 1. The minimum absolute atomic E-state index is 0.0586. The molecule has 0 fully saturated rings. The predicted octanol–water partition coefficient (Wildman–Crippen LogP) is 3.28. The molecule has 28 heavy (non-hydrogen) atoms. The van der Waals surface area contributed by atoms with Gasteiger partial charge >= 0.3 is 0 Å². The third kappa shape index (κ3) is 4.11. The molecule has 0 bridgehead atoms. The second-order valence-corrected chi connectivity index (χ2v) is 6.39. The number of benzene rings is 2. The minimum atomic E-state index is -0.269. The Balaban J connectivity index is 1.81. The Labute approximate surface area is 164 Å². The highest BCUT2D eigenvalue weighted by atomic mass is 16.5. The lowest BCUT2D eigenvalue weighted by Gasteiger charge is -2.23. The summed E-state index contributed by atoms with van der Waals surface area (Å²) in [6.07, 6.45) is 1.42. The molecular formula is C22H23N3O3. The van der Waals surface area contributed by atoms with Crippen molar-refractivity contribution in [3.8, 4) is 17.0 Å². The Kier molecular flexibility index (Phi) is 5.89. The van der Waals surface area contributed by atoms with Crippen LogP contribution in [0, 0.1) is 6.92 Å². The average Bonchev–Trinajstić information content (AvgIpc) is 2.71. The summed E-state index contributed by atoms with van der Waals surface area (Å²) in [6.45, 7) is 4.34. The Bertz CT molecular complexity index is 1030. The molecule has 0 saturated heterocycles. The van der Waals surface area contributed by atoms with Crippen molar-refractivity contribution in [2.24, 2.45) is 0 Å². The van der Waals surface area contributed by atoms with E-state index in [1.54, 1.807) is 12.0 Å². The van der Waals surface area contributed by atoms with Gasteiger partial charge in [-0.1, -0.05) is 18.2 Å². The zero-order chi connectivity index (χ0) is 20.1. The molecule has 0 aliphatic carbocycles. The maximum atomic E-state index is 12.8. The van der Waals surface area contributed by atoms with Gasteiger partial charge in [0.2, 0.25) is 5.91 Å². The van der Waals surface area contributed by atoms with E-state index in [0.717, 1.165) is 22.6 Å². The normalized spacial score (nSPS) is 10.5. The third-order valence-corrected chi connectivity index (χ3v) is 4.59. The number of aromatic nitrogens is 2. The molecule has 2 aromatic carbocycles. The van der Waals surface area contributed by atoms with Crippen molar-refractivity contribution in [1.29, 1.82) is 0 Å². The zero-order valence-corrected chi connectivity index (χ0v) is 16.3. The first-order valence-corrected chi connectivity index (χ1v) is 9.10. The maximum absolute atomic E-state index is 12.8. The van der Waals surface area contributed by atoms with E-state index in [-0.39, 0.29) is 18.0 Å². The summed E-state index contributed by atoms with van der Waals surface area (Å²) in [4.78, 5) is 31.3. The van der Waals surface area contributed by atoms with Crippen LogP contribution in [-0.2, 0) is 11.3 Å². The Hall–Kier alpha value is -3.41. The van der Waals surface area contributed by atoms with Gasteiger partial charge < -0.3 is 9.64 Å². The van der Waals surface area contributed by atoms with Crippen molar-refractivity contribution >= 4 is 11.6 Å². The van der Waals surface area contributed by atoms with Crippen LogP contribution < -0.4 is 15.2 Å². The third-order valence-electron chi connectivity index (χ3n) is 4.59. The SMILES string of the molecule is CCN(C(=O)Cn1cnc(-c2ccc(OC)cc2)cc1=O)c1ccccc1C. The monoisotopic (exact) mass is 377 g/mol. The smallest absolute Gasteiger partial charge is 0.254 e. The van der Waals surface area contributed by atoms with Crippen LogP contribution in [0.25, 0.3) is 11.3 Å². The number of amides is 1. The number of rotatable bonds is 6. The summed E-state index contributed by atoms with van der Waals surface area (Å²) in [5, 5.41) is 0. The van der Waals surface area contributed by atoms with Crippen molar-refractivity contribution in [1.82, 2.24) is 9.55 Å². The molecule has 0 N–H and O–H groups in total. The number of para-hydroxylation sites is 1. The van der Waals surface area contributed by atoms with Crippen molar-refractivity contribution in [3.05, 3.63) is 76.8 Å². The van der Waals surface area contributed by atoms with E-state index in [4.69, 9.17) is 4.74 Å². The Morgan fingerprint density at radius 3 is 2.46 bits per heavy atom. The van der Waals surface area contributed by atoms with E-state index < -0.39 is 0 Å². The fourth-order valence-electron chi connectivity index (χ4n) is 3.04. The van der Waals surface area contributed by atoms with Crippen LogP contribution in [-0.4, -0.2) is 29.1 Å². The fraction of sp³-hybridized carbons (Fsp3) is 0.227. The lowest BCUT2D eigenvalue weighted by Crippen LogP contribution is -2.36. The second-order valence-electron chi connectivity index (χ2n) is 6.39. The van der Waals surface area contributed by atoms with Crippen LogP contribution in [0.3, 0.4) is 0 Å². The number of carbonyl (C=O) groups is 1. The van der Waals surface area contributed by atoms with Crippen LogP contribution in [0.15, 0.2) is 65.7 Å².